The molecular formula is C24H26N2O6. The van der Waals surface area contributed by atoms with Crippen molar-refractivity contribution in [3.05, 3.63) is 58.4 Å². The second-order valence-electron chi connectivity index (χ2n) is 7.62. The minimum Gasteiger partial charge on any atom is -0.507 e. The van der Waals surface area contributed by atoms with E-state index in [4.69, 9.17) is 13.9 Å². The summed E-state index contributed by atoms with van der Waals surface area (Å²) >= 11 is 0. The monoisotopic (exact) mass is 438 g/mol. The minimum atomic E-state index is -0.471. The average Bonchev–Trinajstić information content (AvgIpc) is 2.81. The van der Waals surface area contributed by atoms with Crippen LogP contribution in [0.1, 0.15) is 12.5 Å². The molecule has 8 heteroatoms. The molecule has 8 nitrogen and oxygen atoms in total. The van der Waals surface area contributed by atoms with Crippen molar-refractivity contribution in [2.24, 2.45) is 0 Å². The zero-order valence-corrected chi connectivity index (χ0v) is 18.2. The van der Waals surface area contributed by atoms with Gasteiger partial charge in [-0.2, -0.15) is 0 Å². The summed E-state index contributed by atoms with van der Waals surface area (Å²) in [5.74, 6) is 0.778. The first-order valence-electron chi connectivity index (χ1n) is 10.6. The molecule has 3 aromatic rings. The number of carbonyl (C=O) groups excluding carboxylic acids is 1. The number of hydrogen-bond acceptors (Lipinski definition) is 7. The molecule has 2 heterocycles. The van der Waals surface area contributed by atoms with Crippen LogP contribution in [0.2, 0.25) is 0 Å². The number of phenols is 1. The van der Waals surface area contributed by atoms with Gasteiger partial charge in [0, 0.05) is 38.1 Å². The van der Waals surface area contributed by atoms with E-state index in [1.54, 1.807) is 61.4 Å². The maximum absolute atomic E-state index is 12.8. The van der Waals surface area contributed by atoms with Crippen LogP contribution in [0.3, 0.4) is 0 Å². The van der Waals surface area contributed by atoms with Gasteiger partial charge in [0.2, 0.25) is 0 Å². The maximum Gasteiger partial charge on any atom is 0.409 e. The molecule has 0 bridgehead atoms. The van der Waals surface area contributed by atoms with Crippen molar-refractivity contribution in [1.29, 1.82) is 0 Å². The second kappa shape index (κ2) is 9.32. The smallest absolute Gasteiger partial charge is 0.409 e. The van der Waals surface area contributed by atoms with Gasteiger partial charge in [0.1, 0.15) is 17.1 Å². The summed E-state index contributed by atoms with van der Waals surface area (Å²) in [5.41, 5.74) is 1.64. The van der Waals surface area contributed by atoms with Crippen LogP contribution >= 0.6 is 0 Å². The molecule has 1 saturated heterocycles. The van der Waals surface area contributed by atoms with Gasteiger partial charge in [-0.05, 0) is 42.8 Å². The van der Waals surface area contributed by atoms with E-state index in [0.29, 0.717) is 61.8 Å². The molecule has 1 aromatic heterocycles. The first-order valence-corrected chi connectivity index (χ1v) is 10.6. The van der Waals surface area contributed by atoms with Gasteiger partial charge in [-0.1, -0.05) is 12.1 Å². The third-order valence-electron chi connectivity index (χ3n) is 5.66. The van der Waals surface area contributed by atoms with Crippen LogP contribution in [0.25, 0.3) is 22.1 Å². The van der Waals surface area contributed by atoms with E-state index >= 15 is 0 Å². The first-order chi connectivity index (χ1) is 15.5. The highest BCUT2D eigenvalue weighted by atomic mass is 16.6. The van der Waals surface area contributed by atoms with E-state index in [2.05, 4.69) is 4.90 Å². The zero-order chi connectivity index (χ0) is 22.7. The molecule has 2 aromatic carbocycles. The maximum atomic E-state index is 12.8. The number of methoxy groups -OCH3 is 1. The van der Waals surface area contributed by atoms with E-state index in [1.807, 2.05) is 0 Å². The molecule has 0 spiro atoms. The van der Waals surface area contributed by atoms with E-state index in [0.717, 1.165) is 10.9 Å². The van der Waals surface area contributed by atoms with Crippen molar-refractivity contribution >= 4 is 17.1 Å². The van der Waals surface area contributed by atoms with Crippen molar-refractivity contribution in [1.82, 2.24) is 9.80 Å². The molecule has 4 rings (SSSR count). The van der Waals surface area contributed by atoms with Crippen molar-refractivity contribution in [2.75, 3.05) is 39.9 Å². The quantitative estimate of drug-likeness (QED) is 0.610. The largest absolute Gasteiger partial charge is 0.507 e. The standard InChI is InChI=1S/C24H26N2O6/c1-3-31-24(29)26-12-10-25(11-13-26)15-20-21(27)9-6-17-14-19(23(28)32-22(17)20)16-4-7-18(30-2)8-5-16/h4-9,14,27H,3,10-13,15H2,1-2H3. The molecule has 1 aliphatic heterocycles. The number of benzene rings is 2. The van der Waals surface area contributed by atoms with Crippen molar-refractivity contribution in [2.45, 2.75) is 13.5 Å². The molecule has 168 valence electrons. The summed E-state index contributed by atoms with van der Waals surface area (Å²) in [6.45, 7) is 4.87. The Kier molecular flexibility index (Phi) is 6.32. The van der Waals surface area contributed by atoms with Gasteiger partial charge >= 0.3 is 11.7 Å². The Morgan fingerprint density at radius 3 is 2.47 bits per heavy atom. The molecule has 0 saturated carbocycles. The lowest BCUT2D eigenvalue weighted by molar-refractivity contribution is 0.0776. The molecule has 1 fully saturated rings. The molecule has 0 unspecified atom stereocenters. The number of phenolic OH excluding ortho intramolecular Hbond substituents is 1. The van der Waals surface area contributed by atoms with Crippen LogP contribution in [0.15, 0.2) is 51.7 Å². The van der Waals surface area contributed by atoms with Gasteiger partial charge in [-0.3, -0.25) is 4.90 Å². The number of amides is 1. The normalized spacial score (nSPS) is 14.5. The van der Waals surface area contributed by atoms with Crippen LogP contribution in [-0.2, 0) is 11.3 Å². The third kappa shape index (κ3) is 4.40. The highest BCUT2D eigenvalue weighted by Crippen LogP contribution is 2.30. The number of nitrogens with zero attached hydrogens (tertiary/aromatic N) is 2. The number of fused-ring (bicyclic) bond motifs is 1. The first kappa shape index (κ1) is 21.7. The van der Waals surface area contributed by atoms with E-state index in [-0.39, 0.29) is 11.8 Å². The van der Waals surface area contributed by atoms with Gasteiger partial charge in [-0.25, -0.2) is 9.59 Å². The summed E-state index contributed by atoms with van der Waals surface area (Å²) in [6.07, 6.45) is -0.308. The second-order valence-corrected chi connectivity index (χ2v) is 7.62. The number of aromatic hydroxyl groups is 1. The fourth-order valence-electron chi connectivity index (χ4n) is 3.88. The van der Waals surface area contributed by atoms with Gasteiger partial charge in [0.15, 0.2) is 0 Å². The molecular weight excluding hydrogens is 412 g/mol. The summed E-state index contributed by atoms with van der Waals surface area (Å²) in [7, 11) is 1.59. The minimum absolute atomic E-state index is 0.0747. The Bertz CT molecular complexity index is 1160. The SMILES string of the molecule is CCOC(=O)N1CCN(Cc2c(O)ccc3cc(-c4ccc(OC)cc4)c(=O)oc23)CC1. The van der Waals surface area contributed by atoms with Crippen LogP contribution in [0.4, 0.5) is 4.79 Å². The van der Waals surface area contributed by atoms with Crippen LogP contribution < -0.4 is 10.4 Å². The predicted octanol–water partition coefficient (Wildman–Crippen LogP) is 3.45. The van der Waals surface area contributed by atoms with Crippen molar-refractivity contribution in [3.8, 4) is 22.6 Å². The van der Waals surface area contributed by atoms with E-state index in [1.165, 1.54) is 0 Å². The van der Waals surface area contributed by atoms with Crippen molar-refractivity contribution < 1.29 is 23.8 Å². The molecule has 0 aliphatic carbocycles. The Morgan fingerprint density at radius 2 is 1.81 bits per heavy atom. The lowest BCUT2D eigenvalue weighted by Crippen LogP contribution is -2.48. The van der Waals surface area contributed by atoms with Gasteiger partial charge in [-0.15, -0.1) is 0 Å². The third-order valence-corrected chi connectivity index (χ3v) is 5.66. The fraction of sp³-hybridized carbons (Fsp3) is 0.333. The fourth-order valence-corrected chi connectivity index (χ4v) is 3.88. The molecule has 1 N–H and O–H groups in total. The topological polar surface area (TPSA) is 92.5 Å². The number of rotatable bonds is 5. The Morgan fingerprint density at radius 1 is 1.09 bits per heavy atom. The molecule has 0 atom stereocenters. The van der Waals surface area contributed by atoms with Crippen molar-refractivity contribution in [3.63, 3.8) is 0 Å². The lowest BCUT2D eigenvalue weighted by atomic mass is 10.0. The number of ether oxygens (including phenoxy) is 2. The van der Waals surface area contributed by atoms with Crippen LogP contribution in [0.5, 0.6) is 11.5 Å². The summed E-state index contributed by atoms with van der Waals surface area (Å²) in [5, 5.41) is 11.2. The molecule has 32 heavy (non-hydrogen) atoms. The Hall–Kier alpha value is -3.52. The van der Waals surface area contributed by atoms with Gasteiger partial charge in [0.05, 0.1) is 24.8 Å². The lowest BCUT2D eigenvalue weighted by Gasteiger charge is -2.34. The van der Waals surface area contributed by atoms with Gasteiger partial charge < -0.3 is 23.9 Å². The van der Waals surface area contributed by atoms with Crippen LogP contribution in [0, 0.1) is 0 Å². The van der Waals surface area contributed by atoms with E-state index in [9.17, 15) is 14.7 Å². The average molecular weight is 438 g/mol. The summed E-state index contributed by atoms with van der Waals surface area (Å²) in [6, 6.07) is 12.3. The van der Waals surface area contributed by atoms with Crippen LogP contribution in [-0.4, -0.2) is 60.9 Å². The highest BCUT2D eigenvalue weighted by molar-refractivity contribution is 5.85. The highest BCUT2D eigenvalue weighted by Gasteiger charge is 2.24. The molecule has 1 amide bonds. The Balaban J connectivity index is 1.59. The summed E-state index contributed by atoms with van der Waals surface area (Å²) in [4.78, 5) is 28.5. The van der Waals surface area contributed by atoms with Gasteiger partial charge in [0.25, 0.3) is 0 Å². The Labute approximate surface area is 185 Å². The number of carbonyl (C=O) groups is 1. The predicted molar refractivity (Wildman–Crippen MR) is 120 cm³/mol. The summed E-state index contributed by atoms with van der Waals surface area (Å²) < 4.78 is 15.9. The number of piperazine rings is 1. The zero-order valence-electron chi connectivity index (χ0n) is 18.2. The molecule has 1 aliphatic rings. The molecule has 0 radical (unpaired) electrons. The number of hydrogen-bond donors (Lipinski definition) is 1. The van der Waals surface area contributed by atoms with E-state index < -0.39 is 5.63 Å².